The SMILES string of the molecule is CN(C)Cc1cccc(CN=C(N)N2CCCCCC2)c1.I. The molecular weight excluding hydrogens is 387 g/mol. The number of hydrogen-bond donors (Lipinski definition) is 1. The summed E-state index contributed by atoms with van der Waals surface area (Å²) in [6, 6.07) is 8.61. The van der Waals surface area contributed by atoms with Crippen LogP contribution in [-0.2, 0) is 13.1 Å². The van der Waals surface area contributed by atoms with Gasteiger partial charge in [-0.1, -0.05) is 37.1 Å². The Balaban J connectivity index is 0.00000242. The third-order valence-corrected chi connectivity index (χ3v) is 3.84. The lowest BCUT2D eigenvalue weighted by Gasteiger charge is -2.21. The minimum atomic E-state index is 0. The van der Waals surface area contributed by atoms with Gasteiger partial charge in [0, 0.05) is 19.6 Å². The molecule has 0 aliphatic carbocycles. The first-order valence-corrected chi connectivity index (χ1v) is 7.92. The van der Waals surface area contributed by atoms with Gasteiger partial charge < -0.3 is 15.5 Å². The Kier molecular flexibility index (Phi) is 8.78. The van der Waals surface area contributed by atoms with Crippen LogP contribution >= 0.6 is 24.0 Å². The van der Waals surface area contributed by atoms with Gasteiger partial charge in [0.15, 0.2) is 5.96 Å². The van der Waals surface area contributed by atoms with Crippen molar-refractivity contribution < 1.29 is 0 Å². The zero-order valence-electron chi connectivity index (χ0n) is 13.8. The summed E-state index contributed by atoms with van der Waals surface area (Å²) in [7, 11) is 4.17. The van der Waals surface area contributed by atoms with E-state index >= 15 is 0 Å². The molecule has 1 aromatic rings. The van der Waals surface area contributed by atoms with E-state index in [0.29, 0.717) is 12.5 Å². The molecule has 1 aromatic carbocycles. The van der Waals surface area contributed by atoms with Gasteiger partial charge in [-0.15, -0.1) is 24.0 Å². The first-order valence-electron chi connectivity index (χ1n) is 7.92. The van der Waals surface area contributed by atoms with Crippen molar-refractivity contribution in [2.45, 2.75) is 38.8 Å². The van der Waals surface area contributed by atoms with E-state index in [1.165, 1.54) is 36.8 Å². The minimum Gasteiger partial charge on any atom is -0.370 e. The fourth-order valence-corrected chi connectivity index (χ4v) is 2.76. The molecule has 1 heterocycles. The molecule has 0 bridgehead atoms. The highest BCUT2D eigenvalue weighted by molar-refractivity contribution is 14.0. The first kappa shape index (κ1) is 19.2. The largest absolute Gasteiger partial charge is 0.370 e. The van der Waals surface area contributed by atoms with Gasteiger partial charge in [0.1, 0.15) is 0 Å². The molecule has 0 spiro atoms. The molecule has 0 aromatic heterocycles. The van der Waals surface area contributed by atoms with Crippen LogP contribution in [-0.4, -0.2) is 42.9 Å². The van der Waals surface area contributed by atoms with Crippen LogP contribution in [0.15, 0.2) is 29.3 Å². The fraction of sp³-hybridized carbons (Fsp3) is 0.588. The molecule has 5 heteroatoms. The molecule has 1 fully saturated rings. The lowest BCUT2D eigenvalue weighted by molar-refractivity contribution is 0.402. The van der Waals surface area contributed by atoms with Gasteiger partial charge in [-0.25, -0.2) is 4.99 Å². The van der Waals surface area contributed by atoms with Crippen molar-refractivity contribution >= 4 is 29.9 Å². The van der Waals surface area contributed by atoms with Crippen molar-refractivity contribution in [2.75, 3.05) is 27.2 Å². The highest BCUT2D eigenvalue weighted by atomic mass is 127. The summed E-state index contributed by atoms with van der Waals surface area (Å²) < 4.78 is 0. The van der Waals surface area contributed by atoms with Crippen LogP contribution in [0.1, 0.15) is 36.8 Å². The second-order valence-corrected chi connectivity index (χ2v) is 6.13. The molecule has 124 valence electrons. The fourth-order valence-electron chi connectivity index (χ4n) is 2.76. The lowest BCUT2D eigenvalue weighted by Crippen LogP contribution is -2.38. The maximum Gasteiger partial charge on any atom is 0.191 e. The van der Waals surface area contributed by atoms with Crippen molar-refractivity contribution in [1.82, 2.24) is 9.80 Å². The number of hydrogen-bond acceptors (Lipinski definition) is 2. The number of benzene rings is 1. The summed E-state index contributed by atoms with van der Waals surface area (Å²) in [5, 5.41) is 0. The molecule has 22 heavy (non-hydrogen) atoms. The Bertz CT molecular complexity index is 465. The molecule has 1 saturated heterocycles. The van der Waals surface area contributed by atoms with Gasteiger partial charge in [0.05, 0.1) is 6.54 Å². The number of nitrogens with zero attached hydrogens (tertiary/aromatic N) is 3. The van der Waals surface area contributed by atoms with Crippen molar-refractivity contribution in [1.29, 1.82) is 0 Å². The molecule has 1 aliphatic rings. The van der Waals surface area contributed by atoms with Crippen molar-refractivity contribution in [3.8, 4) is 0 Å². The van der Waals surface area contributed by atoms with Crippen molar-refractivity contribution in [2.24, 2.45) is 10.7 Å². The Labute approximate surface area is 151 Å². The van der Waals surface area contributed by atoms with Crippen LogP contribution in [0.25, 0.3) is 0 Å². The van der Waals surface area contributed by atoms with Gasteiger partial charge in [-0.05, 0) is 38.1 Å². The molecule has 2 N–H and O–H groups in total. The van der Waals surface area contributed by atoms with Crippen LogP contribution < -0.4 is 5.73 Å². The summed E-state index contributed by atoms with van der Waals surface area (Å²) >= 11 is 0. The van der Waals surface area contributed by atoms with Gasteiger partial charge in [-0.3, -0.25) is 0 Å². The average molecular weight is 416 g/mol. The van der Waals surface area contributed by atoms with E-state index in [2.05, 4.69) is 53.2 Å². The van der Waals surface area contributed by atoms with E-state index < -0.39 is 0 Å². The smallest absolute Gasteiger partial charge is 0.191 e. The second kappa shape index (κ2) is 10.0. The topological polar surface area (TPSA) is 44.9 Å². The zero-order chi connectivity index (χ0) is 15.1. The minimum absolute atomic E-state index is 0. The summed E-state index contributed by atoms with van der Waals surface area (Å²) in [6.07, 6.45) is 5.09. The monoisotopic (exact) mass is 416 g/mol. The van der Waals surface area contributed by atoms with Gasteiger partial charge >= 0.3 is 0 Å². The summed E-state index contributed by atoms with van der Waals surface area (Å²) in [5.74, 6) is 0.704. The van der Waals surface area contributed by atoms with E-state index in [4.69, 9.17) is 5.73 Å². The van der Waals surface area contributed by atoms with E-state index in [-0.39, 0.29) is 24.0 Å². The van der Waals surface area contributed by atoms with Gasteiger partial charge in [0.25, 0.3) is 0 Å². The Morgan fingerprint density at radius 2 is 1.77 bits per heavy atom. The van der Waals surface area contributed by atoms with Crippen LogP contribution in [0.3, 0.4) is 0 Å². The summed E-state index contributed by atoms with van der Waals surface area (Å²) in [5.41, 5.74) is 8.70. The van der Waals surface area contributed by atoms with Crippen LogP contribution in [0.5, 0.6) is 0 Å². The van der Waals surface area contributed by atoms with E-state index in [1.54, 1.807) is 0 Å². The number of rotatable bonds is 4. The molecule has 1 aliphatic heterocycles. The quantitative estimate of drug-likeness (QED) is 0.466. The third kappa shape index (κ3) is 6.52. The number of likely N-dealkylation sites (tertiary alicyclic amines) is 1. The predicted octanol–water partition coefficient (Wildman–Crippen LogP) is 3.06. The van der Waals surface area contributed by atoms with E-state index in [1.807, 2.05) is 0 Å². The molecule has 0 saturated carbocycles. The van der Waals surface area contributed by atoms with Gasteiger partial charge in [-0.2, -0.15) is 0 Å². The number of aliphatic imine (C=N–C) groups is 1. The van der Waals surface area contributed by atoms with Crippen LogP contribution in [0, 0.1) is 0 Å². The highest BCUT2D eigenvalue weighted by Crippen LogP contribution is 2.11. The molecule has 0 atom stereocenters. The Hall–Kier alpha value is -0.820. The molecule has 4 nitrogen and oxygen atoms in total. The summed E-state index contributed by atoms with van der Waals surface area (Å²) in [4.78, 5) is 8.99. The predicted molar refractivity (Wildman–Crippen MR) is 105 cm³/mol. The normalized spacial score (nSPS) is 16.3. The Morgan fingerprint density at radius 3 is 2.41 bits per heavy atom. The average Bonchev–Trinajstić information content (AvgIpc) is 2.73. The maximum absolute atomic E-state index is 6.15. The molecule has 0 radical (unpaired) electrons. The third-order valence-electron chi connectivity index (χ3n) is 3.84. The molecule has 0 unspecified atom stereocenters. The standard InChI is InChI=1S/C17H28N4.HI/c1-20(2)14-16-9-7-8-15(12-16)13-19-17(18)21-10-5-3-4-6-11-21;/h7-9,12H,3-6,10-11,13-14H2,1-2H3,(H2,18,19);1H. The first-order chi connectivity index (χ1) is 10.1. The highest BCUT2D eigenvalue weighted by Gasteiger charge is 2.10. The maximum atomic E-state index is 6.15. The Morgan fingerprint density at radius 1 is 1.14 bits per heavy atom. The summed E-state index contributed by atoms with van der Waals surface area (Å²) in [6.45, 7) is 3.73. The van der Waals surface area contributed by atoms with Crippen LogP contribution in [0.4, 0.5) is 0 Å². The van der Waals surface area contributed by atoms with Crippen LogP contribution in [0.2, 0.25) is 0 Å². The number of nitrogens with two attached hydrogens (primary N) is 1. The molecule has 0 amide bonds. The zero-order valence-corrected chi connectivity index (χ0v) is 16.1. The van der Waals surface area contributed by atoms with E-state index in [0.717, 1.165) is 19.6 Å². The van der Waals surface area contributed by atoms with Crippen molar-refractivity contribution in [3.63, 3.8) is 0 Å². The molecule has 2 rings (SSSR count). The second-order valence-electron chi connectivity index (χ2n) is 6.13. The van der Waals surface area contributed by atoms with E-state index in [9.17, 15) is 0 Å². The van der Waals surface area contributed by atoms with Gasteiger partial charge in [0.2, 0.25) is 0 Å². The van der Waals surface area contributed by atoms with Crippen molar-refractivity contribution in [3.05, 3.63) is 35.4 Å². The lowest BCUT2D eigenvalue weighted by atomic mass is 10.1. The number of halogens is 1. The number of guanidine groups is 1. The molecular formula is C17H29IN4.